The number of benzene rings is 2. The second kappa shape index (κ2) is 7.73. The van der Waals surface area contributed by atoms with Gasteiger partial charge in [0.15, 0.2) is 0 Å². The maximum absolute atomic E-state index is 12.8. The zero-order valence-corrected chi connectivity index (χ0v) is 15.1. The number of anilines is 1. The van der Waals surface area contributed by atoms with Gasteiger partial charge in [0, 0.05) is 23.8 Å². The summed E-state index contributed by atoms with van der Waals surface area (Å²) in [6.07, 6.45) is 0. The highest BCUT2D eigenvalue weighted by Crippen LogP contribution is 2.23. The van der Waals surface area contributed by atoms with Crippen LogP contribution in [0.4, 0.5) is 14.5 Å². The topological polar surface area (TPSA) is 49.9 Å². The Kier molecular flexibility index (Phi) is 5.39. The van der Waals surface area contributed by atoms with Crippen LogP contribution >= 0.6 is 0 Å². The van der Waals surface area contributed by atoms with Crippen LogP contribution in [-0.4, -0.2) is 42.5 Å². The molecule has 27 heavy (non-hydrogen) atoms. The first kappa shape index (κ1) is 18.8. The lowest BCUT2D eigenvalue weighted by molar-refractivity contribution is -0.121. The summed E-state index contributed by atoms with van der Waals surface area (Å²) in [6, 6.07) is 12.9. The normalized spacial score (nSPS) is 17.4. The number of hydrogen-bond donors (Lipinski definition) is 0. The average molecular weight is 374 g/mol. The van der Waals surface area contributed by atoms with Crippen LogP contribution in [0.3, 0.4) is 0 Å². The molecular formula is C20H20F2N2O3. The molecule has 0 bridgehead atoms. The van der Waals surface area contributed by atoms with E-state index >= 15 is 0 Å². The van der Waals surface area contributed by atoms with Gasteiger partial charge in [0.2, 0.25) is 5.91 Å². The number of nitrogens with zero attached hydrogens (tertiary/aromatic N) is 2. The Morgan fingerprint density at radius 3 is 2.52 bits per heavy atom. The predicted octanol–water partition coefficient (Wildman–Crippen LogP) is 3.47. The molecule has 0 aromatic heterocycles. The second-order valence-corrected chi connectivity index (χ2v) is 6.53. The van der Waals surface area contributed by atoms with E-state index in [0.29, 0.717) is 12.1 Å². The van der Waals surface area contributed by atoms with Crippen molar-refractivity contribution in [1.29, 1.82) is 0 Å². The van der Waals surface area contributed by atoms with Gasteiger partial charge in [0.25, 0.3) is 5.91 Å². The molecule has 142 valence electrons. The van der Waals surface area contributed by atoms with E-state index in [-0.39, 0.29) is 30.2 Å². The van der Waals surface area contributed by atoms with Crippen LogP contribution in [0.15, 0.2) is 48.5 Å². The van der Waals surface area contributed by atoms with Gasteiger partial charge < -0.3 is 14.5 Å². The van der Waals surface area contributed by atoms with Crippen LogP contribution in [0.25, 0.3) is 0 Å². The molecule has 0 unspecified atom stereocenters. The standard InChI is InChI=1S/C20H20F2N2O3/c1-13-4-3-5-16(10-13)24-11-14(2)23(12-18(24)25)19(26)15-6-8-17(9-7-15)27-20(21)22/h3-10,14,20H,11-12H2,1-2H3/t14-/m1/s1. The monoisotopic (exact) mass is 374 g/mol. The van der Waals surface area contributed by atoms with Crippen molar-refractivity contribution in [2.75, 3.05) is 18.0 Å². The molecular weight excluding hydrogens is 354 g/mol. The first-order chi connectivity index (χ1) is 12.8. The Balaban J connectivity index is 1.73. The number of carbonyl (C=O) groups excluding carboxylic acids is 2. The molecule has 0 saturated carbocycles. The molecule has 1 fully saturated rings. The van der Waals surface area contributed by atoms with Gasteiger partial charge in [-0.15, -0.1) is 0 Å². The molecule has 1 heterocycles. The largest absolute Gasteiger partial charge is 0.435 e. The third kappa shape index (κ3) is 4.24. The molecule has 1 atom stereocenters. The van der Waals surface area contributed by atoms with Crippen molar-refractivity contribution >= 4 is 17.5 Å². The number of rotatable bonds is 4. The van der Waals surface area contributed by atoms with E-state index in [0.717, 1.165) is 11.3 Å². The zero-order valence-electron chi connectivity index (χ0n) is 15.1. The summed E-state index contributed by atoms with van der Waals surface area (Å²) in [4.78, 5) is 28.5. The number of aryl methyl sites for hydroxylation is 1. The summed E-state index contributed by atoms with van der Waals surface area (Å²) >= 11 is 0. The number of carbonyl (C=O) groups is 2. The lowest BCUT2D eigenvalue weighted by Gasteiger charge is -2.39. The van der Waals surface area contributed by atoms with E-state index in [1.54, 1.807) is 4.90 Å². The first-order valence-electron chi connectivity index (χ1n) is 8.58. The Morgan fingerprint density at radius 2 is 1.89 bits per heavy atom. The van der Waals surface area contributed by atoms with Gasteiger partial charge in [-0.2, -0.15) is 8.78 Å². The van der Waals surface area contributed by atoms with Gasteiger partial charge >= 0.3 is 6.61 Å². The molecule has 0 aliphatic carbocycles. The SMILES string of the molecule is Cc1cccc(N2C[C@@H](C)N(C(=O)c3ccc(OC(F)F)cc3)CC2=O)c1. The average Bonchev–Trinajstić information content (AvgIpc) is 2.63. The van der Waals surface area contributed by atoms with Crippen molar-refractivity contribution in [2.45, 2.75) is 26.5 Å². The minimum Gasteiger partial charge on any atom is -0.435 e. The molecule has 3 rings (SSSR count). The third-order valence-electron chi connectivity index (χ3n) is 4.49. The molecule has 0 radical (unpaired) electrons. The Bertz CT molecular complexity index is 839. The Hall–Kier alpha value is -2.96. The quantitative estimate of drug-likeness (QED) is 0.823. The van der Waals surface area contributed by atoms with Gasteiger partial charge in [-0.1, -0.05) is 12.1 Å². The van der Waals surface area contributed by atoms with E-state index in [2.05, 4.69) is 4.74 Å². The molecule has 0 spiro atoms. The minimum absolute atomic E-state index is 0.0186. The number of amides is 2. The van der Waals surface area contributed by atoms with E-state index < -0.39 is 6.61 Å². The number of halogens is 2. The van der Waals surface area contributed by atoms with E-state index in [4.69, 9.17) is 0 Å². The smallest absolute Gasteiger partial charge is 0.387 e. The van der Waals surface area contributed by atoms with Crippen molar-refractivity contribution in [3.05, 3.63) is 59.7 Å². The fraction of sp³-hybridized carbons (Fsp3) is 0.300. The van der Waals surface area contributed by atoms with Crippen LogP contribution in [0.1, 0.15) is 22.8 Å². The molecule has 2 aromatic rings. The van der Waals surface area contributed by atoms with Gasteiger partial charge in [-0.3, -0.25) is 9.59 Å². The zero-order chi connectivity index (χ0) is 19.6. The molecule has 0 N–H and O–H groups in total. The molecule has 1 aliphatic heterocycles. The molecule has 5 nitrogen and oxygen atoms in total. The summed E-state index contributed by atoms with van der Waals surface area (Å²) in [6.45, 7) is 1.27. The molecule has 1 aliphatic rings. The van der Waals surface area contributed by atoms with Crippen molar-refractivity contribution in [1.82, 2.24) is 4.90 Å². The van der Waals surface area contributed by atoms with Crippen molar-refractivity contribution in [3.63, 3.8) is 0 Å². The lowest BCUT2D eigenvalue weighted by Crippen LogP contribution is -2.57. The highest BCUT2D eigenvalue weighted by atomic mass is 19.3. The summed E-state index contributed by atoms with van der Waals surface area (Å²) in [7, 11) is 0. The van der Waals surface area contributed by atoms with Crippen LogP contribution in [0, 0.1) is 6.92 Å². The molecule has 1 saturated heterocycles. The first-order valence-corrected chi connectivity index (χ1v) is 8.58. The van der Waals surface area contributed by atoms with Crippen molar-refractivity contribution in [2.24, 2.45) is 0 Å². The van der Waals surface area contributed by atoms with Gasteiger partial charge in [-0.25, -0.2) is 0 Å². The fourth-order valence-corrected chi connectivity index (χ4v) is 3.11. The second-order valence-electron chi connectivity index (χ2n) is 6.53. The van der Waals surface area contributed by atoms with Gasteiger partial charge in [-0.05, 0) is 55.8 Å². The Labute approximate surface area is 156 Å². The predicted molar refractivity (Wildman–Crippen MR) is 97.1 cm³/mol. The van der Waals surface area contributed by atoms with Crippen LogP contribution in [0.5, 0.6) is 5.75 Å². The highest BCUT2D eigenvalue weighted by molar-refractivity contribution is 6.02. The van der Waals surface area contributed by atoms with E-state index in [1.165, 1.54) is 29.2 Å². The maximum Gasteiger partial charge on any atom is 0.387 e. The van der Waals surface area contributed by atoms with Crippen molar-refractivity contribution in [3.8, 4) is 5.75 Å². The van der Waals surface area contributed by atoms with E-state index in [9.17, 15) is 18.4 Å². The summed E-state index contributed by atoms with van der Waals surface area (Å²) in [5, 5.41) is 0. The van der Waals surface area contributed by atoms with E-state index in [1.807, 2.05) is 38.1 Å². The highest BCUT2D eigenvalue weighted by Gasteiger charge is 2.33. The minimum atomic E-state index is -2.92. The third-order valence-corrected chi connectivity index (χ3v) is 4.49. The summed E-state index contributed by atoms with van der Waals surface area (Å²) in [5.41, 5.74) is 2.19. The van der Waals surface area contributed by atoms with Crippen LogP contribution in [-0.2, 0) is 4.79 Å². The molecule has 2 amide bonds. The molecule has 2 aromatic carbocycles. The summed E-state index contributed by atoms with van der Waals surface area (Å²) in [5.74, 6) is -0.497. The number of alkyl halides is 2. The van der Waals surface area contributed by atoms with Crippen LogP contribution < -0.4 is 9.64 Å². The Morgan fingerprint density at radius 1 is 1.19 bits per heavy atom. The van der Waals surface area contributed by atoms with Gasteiger partial charge in [0.1, 0.15) is 12.3 Å². The summed E-state index contributed by atoms with van der Waals surface area (Å²) < 4.78 is 28.7. The van der Waals surface area contributed by atoms with Crippen LogP contribution in [0.2, 0.25) is 0 Å². The van der Waals surface area contributed by atoms with Gasteiger partial charge in [0.05, 0.1) is 0 Å². The fourth-order valence-electron chi connectivity index (χ4n) is 3.11. The molecule has 7 heteroatoms. The maximum atomic E-state index is 12.8. The number of piperazine rings is 1. The lowest BCUT2D eigenvalue weighted by atomic mass is 10.1. The number of ether oxygens (including phenoxy) is 1. The van der Waals surface area contributed by atoms with Crippen molar-refractivity contribution < 1.29 is 23.1 Å². The number of hydrogen-bond acceptors (Lipinski definition) is 3.